The topological polar surface area (TPSA) is 123 Å². The maximum absolute atomic E-state index is 13.5. The van der Waals surface area contributed by atoms with Crippen molar-refractivity contribution in [3.8, 4) is 0 Å². The number of piperidine rings is 1. The number of nitrogens with one attached hydrogen (secondary N) is 4. The average Bonchev–Trinajstić information content (AvgIpc) is 2.91. The van der Waals surface area contributed by atoms with Gasteiger partial charge in [0.05, 0.1) is 5.54 Å². The van der Waals surface area contributed by atoms with Crippen molar-refractivity contribution in [3.05, 3.63) is 34.9 Å². The van der Waals surface area contributed by atoms with Gasteiger partial charge in [0.15, 0.2) is 0 Å². The van der Waals surface area contributed by atoms with Gasteiger partial charge < -0.3 is 31.3 Å². The number of amides is 4. The van der Waals surface area contributed by atoms with Gasteiger partial charge in [-0.25, -0.2) is 9.59 Å². The fourth-order valence-electron chi connectivity index (χ4n) is 6.56. The summed E-state index contributed by atoms with van der Waals surface area (Å²) in [5.41, 5.74) is 0.0839. The zero-order chi connectivity index (χ0) is 28.3. The van der Waals surface area contributed by atoms with E-state index in [-0.39, 0.29) is 30.4 Å². The van der Waals surface area contributed by atoms with Crippen LogP contribution in [0.5, 0.6) is 0 Å². The highest BCUT2D eigenvalue weighted by Crippen LogP contribution is 2.40. The summed E-state index contributed by atoms with van der Waals surface area (Å²) < 4.78 is 0. The monoisotopic (exact) mass is 563 g/mol. The van der Waals surface area contributed by atoms with Crippen LogP contribution in [0.3, 0.4) is 0 Å². The van der Waals surface area contributed by atoms with E-state index < -0.39 is 11.6 Å². The molecule has 0 unspecified atom stereocenters. The van der Waals surface area contributed by atoms with Crippen molar-refractivity contribution in [2.45, 2.75) is 82.7 Å². The minimum absolute atomic E-state index is 0.0638. The lowest BCUT2D eigenvalue weighted by molar-refractivity contribution is -0.122. The standard InChI is InChI=1S/C29H46ClN5O4/c1-21(36)34-29(14-8-15-32-28(38)39,23-11-6-13-25(30)18-23)24-12-7-16-35(20-24)27(37)33-26(19-31-2)17-22-9-4-3-5-10-22/h6,11,13,18,22,24,26,31-32H,3-5,7-10,12,14-17,19-20H2,1-2H3,(H,33,37)(H,34,36)(H,38,39)/t24-,26+,29+/m1/s1. The van der Waals surface area contributed by atoms with E-state index in [1.165, 1.54) is 39.0 Å². The van der Waals surface area contributed by atoms with Crippen LogP contribution in [-0.4, -0.2) is 67.3 Å². The van der Waals surface area contributed by atoms with Crippen molar-refractivity contribution in [3.63, 3.8) is 0 Å². The molecule has 5 N–H and O–H groups in total. The van der Waals surface area contributed by atoms with Gasteiger partial charge in [-0.15, -0.1) is 0 Å². The van der Waals surface area contributed by atoms with Crippen LogP contribution in [-0.2, 0) is 10.3 Å². The highest BCUT2D eigenvalue weighted by Gasteiger charge is 2.43. The molecular formula is C29H46ClN5O4. The third-order valence-electron chi connectivity index (χ3n) is 8.29. The van der Waals surface area contributed by atoms with Crippen LogP contribution < -0.4 is 21.3 Å². The molecule has 3 atom stereocenters. The molecule has 1 aromatic rings. The van der Waals surface area contributed by atoms with E-state index in [1.54, 1.807) is 6.07 Å². The number of carbonyl (C=O) groups excluding carboxylic acids is 2. The Morgan fingerprint density at radius 1 is 1.15 bits per heavy atom. The molecule has 0 aromatic heterocycles. The van der Waals surface area contributed by atoms with Gasteiger partial charge in [-0.05, 0) is 62.8 Å². The molecule has 1 aliphatic heterocycles. The predicted octanol–water partition coefficient (Wildman–Crippen LogP) is 4.70. The first-order valence-corrected chi connectivity index (χ1v) is 14.8. The van der Waals surface area contributed by atoms with E-state index in [0.717, 1.165) is 31.4 Å². The van der Waals surface area contributed by atoms with Crippen LogP contribution in [0.1, 0.15) is 76.7 Å². The van der Waals surface area contributed by atoms with Crippen molar-refractivity contribution in [2.24, 2.45) is 11.8 Å². The molecule has 0 bridgehead atoms. The minimum Gasteiger partial charge on any atom is -0.465 e. The molecule has 1 aromatic carbocycles. The summed E-state index contributed by atoms with van der Waals surface area (Å²) in [6, 6.07) is 7.49. The molecule has 1 saturated carbocycles. The van der Waals surface area contributed by atoms with Gasteiger partial charge in [0.25, 0.3) is 0 Å². The fraction of sp³-hybridized carbons (Fsp3) is 0.690. The Kier molecular flexibility index (Phi) is 12.2. The minimum atomic E-state index is -1.08. The molecule has 1 heterocycles. The van der Waals surface area contributed by atoms with Gasteiger partial charge in [-0.3, -0.25) is 4.79 Å². The maximum atomic E-state index is 13.5. The largest absolute Gasteiger partial charge is 0.465 e. The van der Waals surface area contributed by atoms with E-state index in [1.807, 2.05) is 30.1 Å². The van der Waals surface area contributed by atoms with Gasteiger partial charge in [-0.2, -0.15) is 0 Å². The highest BCUT2D eigenvalue weighted by atomic mass is 35.5. The molecule has 1 saturated heterocycles. The fourth-order valence-corrected chi connectivity index (χ4v) is 6.75. The number of hydrogen-bond donors (Lipinski definition) is 5. The quantitative estimate of drug-likeness (QED) is 0.236. The summed E-state index contributed by atoms with van der Waals surface area (Å²) in [6.07, 6.45) is 8.90. The van der Waals surface area contributed by atoms with Gasteiger partial charge in [0.1, 0.15) is 0 Å². The molecule has 2 aliphatic rings. The number of likely N-dealkylation sites (tertiary alicyclic amines) is 1. The number of halogens is 1. The van der Waals surface area contributed by atoms with Gasteiger partial charge in [0, 0.05) is 50.1 Å². The van der Waals surface area contributed by atoms with Crippen LogP contribution in [0.2, 0.25) is 5.02 Å². The number of rotatable bonds is 12. The summed E-state index contributed by atoms with van der Waals surface area (Å²) in [6.45, 7) is 3.64. The van der Waals surface area contributed by atoms with Gasteiger partial charge in [-0.1, -0.05) is 55.8 Å². The molecule has 218 valence electrons. The normalized spacial score (nSPS) is 20.5. The molecule has 0 spiro atoms. The Morgan fingerprint density at radius 2 is 1.92 bits per heavy atom. The lowest BCUT2D eigenvalue weighted by Crippen LogP contribution is -2.58. The summed E-state index contributed by atoms with van der Waals surface area (Å²) in [4.78, 5) is 39.0. The summed E-state index contributed by atoms with van der Waals surface area (Å²) in [5, 5.41) is 21.8. The van der Waals surface area contributed by atoms with Gasteiger partial charge in [0.2, 0.25) is 5.91 Å². The number of carboxylic acid groups (broad SMARTS) is 1. The molecular weight excluding hydrogens is 518 g/mol. The van der Waals surface area contributed by atoms with Crippen molar-refractivity contribution in [1.82, 2.24) is 26.2 Å². The van der Waals surface area contributed by atoms with Crippen molar-refractivity contribution in [1.29, 1.82) is 0 Å². The maximum Gasteiger partial charge on any atom is 0.404 e. The molecule has 0 radical (unpaired) electrons. The second-order valence-corrected chi connectivity index (χ2v) is 11.7. The third-order valence-corrected chi connectivity index (χ3v) is 8.52. The first-order chi connectivity index (χ1) is 18.7. The Labute approximate surface area is 237 Å². The summed E-state index contributed by atoms with van der Waals surface area (Å²) in [5.74, 6) is 0.413. The predicted molar refractivity (Wildman–Crippen MR) is 154 cm³/mol. The summed E-state index contributed by atoms with van der Waals surface area (Å²) in [7, 11) is 1.92. The van der Waals surface area contributed by atoms with Crippen LogP contribution >= 0.6 is 11.6 Å². The van der Waals surface area contributed by atoms with E-state index in [9.17, 15) is 14.4 Å². The van der Waals surface area contributed by atoms with E-state index in [0.29, 0.717) is 36.9 Å². The van der Waals surface area contributed by atoms with Crippen LogP contribution in [0.15, 0.2) is 24.3 Å². The first kappa shape index (κ1) is 31.0. The molecule has 2 fully saturated rings. The molecule has 3 rings (SSSR count). The molecule has 4 amide bonds. The summed E-state index contributed by atoms with van der Waals surface area (Å²) >= 11 is 6.39. The van der Waals surface area contributed by atoms with Gasteiger partial charge >= 0.3 is 12.1 Å². The number of hydrogen-bond acceptors (Lipinski definition) is 4. The van der Waals surface area contributed by atoms with E-state index in [4.69, 9.17) is 16.7 Å². The number of nitrogens with zero attached hydrogens (tertiary/aromatic N) is 1. The van der Waals surface area contributed by atoms with Crippen LogP contribution in [0.25, 0.3) is 0 Å². The smallest absolute Gasteiger partial charge is 0.404 e. The number of likely N-dealkylation sites (N-methyl/N-ethyl adjacent to an activating group) is 1. The lowest BCUT2D eigenvalue weighted by Gasteiger charge is -2.46. The van der Waals surface area contributed by atoms with E-state index >= 15 is 0 Å². The molecule has 1 aliphatic carbocycles. The second kappa shape index (κ2) is 15.3. The second-order valence-electron chi connectivity index (χ2n) is 11.2. The van der Waals surface area contributed by atoms with Crippen LogP contribution in [0.4, 0.5) is 9.59 Å². The number of carbonyl (C=O) groups is 3. The zero-order valence-corrected chi connectivity index (χ0v) is 24.2. The zero-order valence-electron chi connectivity index (χ0n) is 23.4. The number of benzene rings is 1. The SMILES string of the molecule is CNC[C@H](CC1CCCCC1)NC(=O)N1CCC[C@@H]([C@@](CCCNC(=O)O)(NC(C)=O)c2cccc(Cl)c2)C1. The molecule has 10 heteroatoms. The van der Waals surface area contributed by atoms with Crippen LogP contribution in [0, 0.1) is 11.8 Å². The highest BCUT2D eigenvalue weighted by molar-refractivity contribution is 6.30. The van der Waals surface area contributed by atoms with E-state index in [2.05, 4.69) is 21.3 Å². The lowest BCUT2D eigenvalue weighted by atomic mass is 9.71. The molecule has 9 nitrogen and oxygen atoms in total. The average molecular weight is 564 g/mol. The van der Waals surface area contributed by atoms with Crippen molar-refractivity contribution < 1.29 is 19.5 Å². The molecule has 39 heavy (non-hydrogen) atoms. The van der Waals surface area contributed by atoms with Crippen molar-refractivity contribution in [2.75, 3.05) is 33.2 Å². The van der Waals surface area contributed by atoms with Crippen molar-refractivity contribution >= 4 is 29.6 Å². The first-order valence-electron chi connectivity index (χ1n) is 14.4. The Balaban J connectivity index is 1.80. The third kappa shape index (κ3) is 9.28. The Hall–Kier alpha value is -2.52. The Morgan fingerprint density at radius 3 is 2.59 bits per heavy atom. The Bertz CT molecular complexity index is 957. The number of urea groups is 1.